The summed E-state index contributed by atoms with van der Waals surface area (Å²) in [5.41, 5.74) is 1.96. The summed E-state index contributed by atoms with van der Waals surface area (Å²) in [6.45, 7) is 3.07. The minimum absolute atomic E-state index is 0.0546. The zero-order valence-corrected chi connectivity index (χ0v) is 20.6. The standard InChI is InChI=1S/C26H32N2O6/c1-16-14-18(9-10-19(16)32-4)24(29)22-23(17-8-11-20(33-5)21(15-17)34-6)28(26(31)25(22)30)13-7-12-27(2)3/h8-11,14-15,23,29H,7,12-13H2,1-6H3/p+1. The molecule has 1 heterocycles. The highest BCUT2D eigenvalue weighted by molar-refractivity contribution is 6.46. The number of benzene rings is 2. The number of amides is 1. The predicted octanol–water partition coefficient (Wildman–Crippen LogP) is 1.98. The maximum Gasteiger partial charge on any atom is 0.295 e. The molecular weight excluding hydrogens is 436 g/mol. The fourth-order valence-corrected chi connectivity index (χ4v) is 4.26. The third kappa shape index (κ3) is 4.87. The van der Waals surface area contributed by atoms with Crippen molar-refractivity contribution in [2.75, 3.05) is 48.5 Å². The van der Waals surface area contributed by atoms with E-state index >= 15 is 0 Å². The first-order valence-corrected chi connectivity index (χ1v) is 11.2. The number of aryl methyl sites for hydroxylation is 1. The molecule has 0 aliphatic carbocycles. The van der Waals surface area contributed by atoms with E-state index in [-0.39, 0.29) is 11.3 Å². The first-order chi connectivity index (χ1) is 16.2. The van der Waals surface area contributed by atoms with Crippen LogP contribution < -0.4 is 19.1 Å². The second-order valence-electron chi connectivity index (χ2n) is 8.60. The number of rotatable bonds is 9. The topological polar surface area (TPSA) is 89.7 Å². The molecule has 1 aliphatic rings. The van der Waals surface area contributed by atoms with E-state index in [4.69, 9.17) is 14.2 Å². The van der Waals surface area contributed by atoms with E-state index in [0.29, 0.717) is 41.3 Å². The number of hydrogen-bond donors (Lipinski definition) is 2. The Balaban J connectivity index is 2.16. The van der Waals surface area contributed by atoms with Crippen LogP contribution in [0.3, 0.4) is 0 Å². The number of Topliss-reactive ketones (excluding diaryl/α,β-unsaturated/α-hetero) is 1. The average Bonchev–Trinajstić information content (AvgIpc) is 3.07. The molecule has 1 aliphatic heterocycles. The van der Waals surface area contributed by atoms with Crippen molar-refractivity contribution in [1.82, 2.24) is 4.90 Å². The molecule has 0 saturated carbocycles. The zero-order valence-electron chi connectivity index (χ0n) is 20.6. The number of likely N-dealkylation sites (tertiary alicyclic amines) is 1. The first-order valence-electron chi connectivity index (χ1n) is 11.2. The Morgan fingerprint density at radius 3 is 2.21 bits per heavy atom. The van der Waals surface area contributed by atoms with Crippen LogP contribution in [-0.2, 0) is 9.59 Å². The van der Waals surface area contributed by atoms with Crippen LogP contribution in [0.15, 0.2) is 42.0 Å². The van der Waals surface area contributed by atoms with Gasteiger partial charge >= 0.3 is 0 Å². The second-order valence-corrected chi connectivity index (χ2v) is 8.60. The van der Waals surface area contributed by atoms with Crippen molar-refractivity contribution in [3.8, 4) is 17.2 Å². The van der Waals surface area contributed by atoms with Gasteiger partial charge in [-0.1, -0.05) is 6.07 Å². The minimum atomic E-state index is -0.751. The summed E-state index contributed by atoms with van der Waals surface area (Å²) >= 11 is 0. The van der Waals surface area contributed by atoms with Crippen LogP contribution >= 0.6 is 0 Å². The van der Waals surface area contributed by atoms with Gasteiger partial charge in [-0.15, -0.1) is 0 Å². The van der Waals surface area contributed by atoms with Crippen LogP contribution in [0.4, 0.5) is 0 Å². The van der Waals surface area contributed by atoms with E-state index in [1.807, 2.05) is 21.0 Å². The Bertz CT molecular complexity index is 1110. The minimum Gasteiger partial charge on any atom is -0.507 e. The highest BCUT2D eigenvalue weighted by Crippen LogP contribution is 2.42. The lowest BCUT2D eigenvalue weighted by Gasteiger charge is -2.26. The smallest absolute Gasteiger partial charge is 0.295 e. The highest BCUT2D eigenvalue weighted by Gasteiger charge is 2.46. The quantitative estimate of drug-likeness (QED) is 0.332. The molecule has 2 aromatic rings. The molecule has 182 valence electrons. The molecule has 1 fully saturated rings. The molecule has 1 amide bonds. The third-order valence-corrected chi connectivity index (χ3v) is 6.01. The summed E-state index contributed by atoms with van der Waals surface area (Å²) in [5, 5.41) is 11.3. The largest absolute Gasteiger partial charge is 0.507 e. The fourth-order valence-electron chi connectivity index (χ4n) is 4.26. The van der Waals surface area contributed by atoms with Crippen molar-refractivity contribution in [3.05, 3.63) is 58.7 Å². The number of hydrogen-bond acceptors (Lipinski definition) is 6. The van der Waals surface area contributed by atoms with E-state index in [1.165, 1.54) is 16.9 Å². The summed E-state index contributed by atoms with van der Waals surface area (Å²) in [4.78, 5) is 29.1. The lowest BCUT2D eigenvalue weighted by atomic mass is 9.94. The van der Waals surface area contributed by atoms with Crippen molar-refractivity contribution in [1.29, 1.82) is 0 Å². The van der Waals surface area contributed by atoms with Gasteiger partial charge in [-0.25, -0.2) is 0 Å². The molecule has 3 rings (SSSR count). The molecule has 0 radical (unpaired) electrons. The van der Waals surface area contributed by atoms with Gasteiger partial charge in [0.1, 0.15) is 11.5 Å². The van der Waals surface area contributed by atoms with Gasteiger partial charge in [0.25, 0.3) is 11.7 Å². The summed E-state index contributed by atoms with van der Waals surface area (Å²) in [5.74, 6) is 0.126. The molecule has 0 spiro atoms. The summed E-state index contributed by atoms with van der Waals surface area (Å²) in [7, 11) is 8.70. The van der Waals surface area contributed by atoms with Crippen molar-refractivity contribution >= 4 is 17.4 Å². The van der Waals surface area contributed by atoms with Gasteiger partial charge in [0, 0.05) is 18.5 Å². The Labute approximate surface area is 200 Å². The lowest BCUT2D eigenvalue weighted by Crippen LogP contribution is -3.05. The van der Waals surface area contributed by atoms with Crippen LogP contribution in [0, 0.1) is 6.92 Å². The summed E-state index contributed by atoms with van der Waals surface area (Å²) in [6, 6.07) is 9.65. The number of nitrogens with zero attached hydrogens (tertiary/aromatic N) is 1. The molecule has 0 aromatic heterocycles. The van der Waals surface area contributed by atoms with Crippen molar-refractivity contribution in [3.63, 3.8) is 0 Å². The van der Waals surface area contributed by atoms with E-state index in [9.17, 15) is 14.7 Å². The number of nitrogens with one attached hydrogen (secondary N) is 1. The van der Waals surface area contributed by atoms with Crippen molar-refractivity contribution < 1.29 is 33.8 Å². The average molecular weight is 470 g/mol. The van der Waals surface area contributed by atoms with Gasteiger partial charge < -0.3 is 29.1 Å². The van der Waals surface area contributed by atoms with Gasteiger partial charge in [0.15, 0.2) is 11.5 Å². The summed E-state index contributed by atoms with van der Waals surface area (Å²) < 4.78 is 16.1. The predicted molar refractivity (Wildman–Crippen MR) is 129 cm³/mol. The Hall–Kier alpha value is -3.52. The third-order valence-electron chi connectivity index (χ3n) is 6.01. The number of ether oxygens (including phenoxy) is 3. The highest BCUT2D eigenvalue weighted by atomic mass is 16.5. The maximum absolute atomic E-state index is 13.2. The number of carbonyl (C=O) groups is 2. The maximum atomic E-state index is 13.2. The van der Waals surface area contributed by atoms with Gasteiger partial charge in [0.2, 0.25) is 0 Å². The number of carbonyl (C=O) groups excluding carboxylic acids is 2. The molecule has 8 nitrogen and oxygen atoms in total. The van der Waals surface area contributed by atoms with E-state index in [0.717, 1.165) is 12.1 Å². The monoisotopic (exact) mass is 469 g/mol. The molecule has 1 atom stereocenters. The molecule has 8 heteroatoms. The van der Waals surface area contributed by atoms with Gasteiger partial charge in [0.05, 0.1) is 53.6 Å². The molecule has 34 heavy (non-hydrogen) atoms. The number of quaternary nitrogens is 1. The zero-order chi connectivity index (χ0) is 25.0. The molecule has 1 unspecified atom stereocenters. The molecule has 0 bridgehead atoms. The van der Waals surface area contributed by atoms with Crippen LogP contribution in [0.1, 0.15) is 29.2 Å². The second kappa shape index (κ2) is 10.6. The Kier molecular flexibility index (Phi) is 7.83. The molecule has 2 aromatic carbocycles. The van der Waals surface area contributed by atoms with Crippen LogP contribution in [0.5, 0.6) is 17.2 Å². The van der Waals surface area contributed by atoms with Crippen LogP contribution in [0.25, 0.3) is 5.76 Å². The molecular formula is C26H33N2O6+. The number of ketones is 1. The Morgan fingerprint density at radius 1 is 0.971 bits per heavy atom. The molecule has 1 saturated heterocycles. The summed E-state index contributed by atoms with van der Waals surface area (Å²) in [6.07, 6.45) is 0.709. The van der Waals surface area contributed by atoms with Crippen LogP contribution in [0.2, 0.25) is 0 Å². The number of methoxy groups -OCH3 is 3. The van der Waals surface area contributed by atoms with Crippen molar-refractivity contribution in [2.24, 2.45) is 0 Å². The normalized spacial score (nSPS) is 17.4. The first kappa shape index (κ1) is 25.1. The number of aliphatic hydroxyl groups excluding tert-OH is 1. The van der Waals surface area contributed by atoms with Crippen LogP contribution in [-0.4, -0.2) is 70.2 Å². The van der Waals surface area contributed by atoms with E-state index in [1.54, 1.807) is 50.6 Å². The van der Waals surface area contributed by atoms with E-state index in [2.05, 4.69) is 0 Å². The van der Waals surface area contributed by atoms with E-state index < -0.39 is 17.7 Å². The van der Waals surface area contributed by atoms with Crippen molar-refractivity contribution in [2.45, 2.75) is 19.4 Å². The number of aliphatic hydroxyl groups is 1. The fraction of sp³-hybridized carbons (Fsp3) is 0.385. The lowest BCUT2D eigenvalue weighted by molar-refractivity contribution is -0.858. The SMILES string of the molecule is COc1ccc(C(O)=C2C(=O)C(=O)N(CCC[NH+](C)C)C2c2ccc(OC)c(OC)c2)cc1C. The molecule has 2 N–H and O–H groups in total. The van der Waals surface area contributed by atoms with Gasteiger partial charge in [-0.05, 0) is 48.4 Å². The Morgan fingerprint density at radius 2 is 1.62 bits per heavy atom. The van der Waals surface area contributed by atoms with Gasteiger partial charge in [-0.2, -0.15) is 0 Å². The van der Waals surface area contributed by atoms with Gasteiger partial charge in [-0.3, -0.25) is 9.59 Å².